The summed E-state index contributed by atoms with van der Waals surface area (Å²) < 4.78 is 5.49. The van der Waals surface area contributed by atoms with Crippen molar-refractivity contribution < 1.29 is 9.53 Å². The summed E-state index contributed by atoms with van der Waals surface area (Å²) in [6.07, 6.45) is 7.30. The van der Waals surface area contributed by atoms with Crippen molar-refractivity contribution in [1.82, 2.24) is 10.2 Å². The van der Waals surface area contributed by atoms with E-state index in [1.165, 1.54) is 25.7 Å². The van der Waals surface area contributed by atoms with Crippen LogP contribution in [0, 0.1) is 11.8 Å². The van der Waals surface area contributed by atoms with Crippen molar-refractivity contribution in [3.8, 4) is 0 Å². The fourth-order valence-corrected chi connectivity index (χ4v) is 4.22. The van der Waals surface area contributed by atoms with Crippen LogP contribution in [0.1, 0.15) is 45.4 Å². The Morgan fingerprint density at radius 2 is 2.00 bits per heavy atom. The van der Waals surface area contributed by atoms with Gasteiger partial charge in [-0.15, -0.1) is 0 Å². The second kappa shape index (κ2) is 6.02. The second-order valence-electron chi connectivity index (χ2n) is 6.68. The van der Waals surface area contributed by atoms with Crippen molar-refractivity contribution in [2.45, 2.75) is 51.0 Å². The first kappa shape index (κ1) is 14.3. The van der Waals surface area contributed by atoms with Crippen molar-refractivity contribution in [3.05, 3.63) is 0 Å². The fraction of sp³-hybridized carbons (Fsp3) is 0.938. The smallest absolute Gasteiger partial charge is 0.326 e. The van der Waals surface area contributed by atoms with E-state index in [2.05, 4.69) is 10.2 Å². The molecule has 3 rings (SSSR count). The lowest BCUT2D eigenvalue weighted by atomic mass is 9.72. The van der Waals surface area contributed by atoms with Gasteiger partial charge in [-0.2, -0.15) is 0 Å². The van der Waals surface area contributed by atoms with E-state index in [1.807, 2.05) is 6.92 Å². The summed E-state index contributed by atoms with van der Waals surface area (Å²) in [6, 6.07) is 0. The molecule has 20 heavy (non-hydrogen) atoms. The van der Waals surface area contributed by atoms with Gasteiger partial charge in [0, 0.05) is 26.2 Å². The minimum atomic E-state index is -0.316. The van der Waals surface area contributed by atoms with Crippen molar-refractivity contribution >= 4 is 5.97 Å². The Morgan fingerprint density at radius 3 is 2.65 bits per heavy atom. The maximum Gasteiger partial charge on any atom is 0.326 e. The Morgan fingerprint density at radius 1 is 1.25 bits per heavy atom. The maximum absolute atomic E-state index is 12.7. The zero-order valence-electron chi connectivity index (χ0n) is 12.7. The van der Waals surface area contributed by atoms with Crippen LogP contribution in [0.5, 0.6) is 0 Å². The molecule has 0 spiro atoms. The summed E-state index contributed by atoms with van der Waals surface area (Å²) in [5, 5.41) is 3.39. The van der Waals surface area contributed by atoms with Crippen molar-refractivity contribution in [2.75, 3.05) is 32.8 Å². The summed E-state index contributed by atoms with van der Waals surface area (Å²) in [5.41, 5.74) is -0.316. The van der Waals surface area contributed by atoms with Gasteiger partial charge in [0.05, 0.1) is 6.61 Å². The van der Waals surface area contributed by atoms with E-state index in [0.717, 1.165) is 50.9 Å². The van der Waals surface area contributed by atoms with Gasteiger partial charge in [0.25, 0.3) is 0 Å². The molecule has 0 amide bonds. The summed E-state index contributed by atoms with van der Waals surface area (Å²) >= 11 is 0. The number of nitrogens with zero attached hydrogens (tertiary/aromatic N) is 1. The molecule has 2 saturated carbocycles. The highest BCUT2D eigenvalue weighted by Crippen LogP contribution is 2.48. The van der Waals surface area contributed by atoms with E-state index in [1.54, 1.807) is 0 Å². The van der Waals surface area contributed by atoms with Gasteiger partial charge in [0.15, 0.2) is 0 Å². The average molecular weight is 280 g/mol. The number of rotatable bonds is 4. The van der Waals surface area contributed by atoms with Gasteiger partial charge in [-0.1, -0.05) is 12.8 Å². The van der Waals surface area contributed by atoms with Crippen LogP contribution in [0.25, 0.3) is 0 Å². The molecule has 1 heterocycles. The van der Waals surface area contributed by atoms with Gasteiger partial charge in [-0.3, -0.25) is 9.69 Å². The topological polar surface area (TPSA) is 41.6 Å². The molecule has 114 valence electrons. The molecule has 2 atom stereocenters. The molecule has 1 N–H and O–H groups in total. The third kappa shape index (κ3) is 2.73. The van der Waals surface area contributed by atoms with E-state index < -0.39 is 0 Å². The largest absolute Gasteiger partial charge is 0.465 e. The van der Waals surface area contributed by atoms with Gasteiger partial charge in [0.1, 0.15) is 5.54 Å². The Bertz CT molecular complexity index is 350. The quantitative estimate of drug-likeness (QED) is 0.797. The number of nitrogens with one attached hydrogen (secondary N) is 1. The first-order valence-corrected chi connectivity index (χ1v) is 8.39. The molecular weight excluding hydrogens is 252 g/mol. The number of piperazine rings is 1. The van der Waals surface area contributed by atoms with Crippen LogP contribution >= 0.6 is 0 Å². The molecule has 0 bridgehead atoms. The fourth-order valence-electron chi connectivity index (χ4n) is 4.22. The third-order valence-electron chi connectivity index (χ3n) is 5.43. The second-order valence-corrected chi connectivity index (χ2v) is 6.68. The zero-order chi connectivity index (χ0) is 14.0. The lowest BCUT2D eigenvalue weighted by Gasteiger charge is -2.48. The van der Waals surface area contributed by atoms with Gasteiger partial charge in [-0.25, -0.2) is 0 Å². The number of ether oxygens (including phenoxy) is 1. The molecule has 3 aliphatic rings. The molecule has 0 aromatic rings. The Hall–Kier alpha value is -0.610. The van der Waals surface area contributed by atoms with Crippen LogP contribution in [-0.4, -0.2) is 49.2 Å². The minimum absolute atomic E-state index is 0.0484. The number of carbonyl (C=O) groups is 1. The minimum Gasteiger partial charge on any atom is -0.465 e. The number of hydrogen-bond donors (Lipinski definition) is 1. The van der Waals surface area contributed by atoms with Crippen LogP contribution in [0.3, 0.4) is 0 Å². The van der Waals surface area contributed by atoms with E-state index >= 15 is 0 Å². The predicted molar refractivity (Wildman–Crippen MR) is 78.5 cm³/mol. The molecule has 0 aromatic heterocycles. The first-order valence-electron chi connectivity index (χ1n) is 8.39. The molecular formula is C16H28N2O2. The lowest BCUT2D eigenvalue weighted by molar-refractivity contribution is -0.163. The summed E-state index contributed by atoms with van der Waals surface area (Å²) in [6.45, 7) is 6.38. The van der Waals surface area contributed by atoms with Crippen LogP contribution in [0.15, 0.2) is 0 Å². The molecule has 4 heteroatoms. The molecule has 4 nitrogen and oxygen atoms in total. The van der Waals surface area contributed by atoms with Crippen molar-refractivity contribution in [2.24, 2.45) is 11.8 Å². The van der Waals surface area contributed by atoms with Crippen LogP contribution < -0.4 is 5.32 Å². The van der Waals surface area contributed by atoms with E-state index in [0.29, 0.717) is 6.61 Å². The third-order valence-corrected chi connectivity index (χ3v) is 5.43. The van der Waals surface area contributed by atoms with E-state index in [-0.39, 0.29) is 11.5 Å². The molecule has 2 unspecified atom stereocenters. The summed E-state index contributed by atoms with van der Waals surface area (Å²) in [7, 11) is 0. The van der Waals surface area contributed by atoms with Crippen LogP contribution in [-0.2, 0) is 9.53 Å². The molecule has 1 aliphatic heterocycles. The van der Waals surface area contributed by atoms with E-state index in [9.17, 15) is 4.79 Å². The van der Waals surface area contributed by atoms with E-state index in [4.69, 9.17) is 4.74 Å². The Kier molecular flexibility index (Phi) is 4.32. The molecule has 3 fully saturated rings. The normalized spacial score (nSPS) is 35.8. The average Bonchev–Trinajstić information content (AvgIpc) is 3.33. The van der Waals surface area contributed by atoms with Crippen LogP contribution in [0.2, 0.25) is 0 Å². The van der Waals surface area contributed by atoms with Crippen molar-refractivity contribution in [3.63, 3.8) is 0 Å². The first-order chi connectivity index (χ1) is 9.76. The highest BCUT2D eigenvalue weighted by atomic mass is 16.5. The maximum atomic E-state index is 12.7. The molecule has 0 radical (unpaired) electrons. The SMILES string of the molecule is CCOC(=O)C1(N2CCNCC2)CCCC(C2CC2)C1. The Balaban J connectivity index is 1.79. The number of hydrogen-bond acceptors (Lipinski definition) is 4. The predicted octanol–water partition coefficient (Wildman–Crippen LogP) is 1.79. The van der Waals surface area contributed by atoms with Crippen LogP contribution in [0.4, 0.5) is 0 Å². The van der Waals surface area contributed by atoms with Gasteiger partial charge in [0.2, 0.25) is 0 Å². The van der Waals surface area contributed by atoms with Crippen molar-refractivity contribution in [1.29, 1.82) is 0 Å². The highest BCUT2D eigenvalue weighted by Gasteiger charge is 2.51. The lowest BCUT2D eigenvalue weighted by Crippen LogP contribution is -2.62. The molecule has 0 aromatic carbocycles. The van der Waals surface area contributed by atoms with Gasteiger partial charge >= 0.3 is 5.97 Å². The monoisotopic (exact) mass is 280 g/mol. The summed E-state index contributed by atoms with van der Waals surface area (Å²) in [4.78, 5) is 15.2. The highest BCUT2D eigenvalue weighted by molar-refractivity contribution is 5.81. The summed E-state index contributed by atoms with van der Waals surface area (Å²) in [5.74, 6) is 1.70. The standard InChI is InChI=1S/C16H28N2O2/c1-2-20-15(19)16(18-10-8-17-9-11-18)7-3-4-14(12-16)13-5-6-13/h13-14,17H,2-12H2,1H3. The van der Waals surface area contributed by atoms with Gasteiger partial charge < -0.3 is 10.1 Å². The molecule has 2 aliphatic carbocycles. The number of esters is 1. The van der Waals surface area contributed by atoms with Gasteiger partial charge in [-0.05, 0) is 44.4 Å². The zero-order valence-corrected chi connectivity index (χ0v) is 12.7. The Labute approximate surface area is 122 Å². The number of carbonyl (C=O) groups excluding carboxylic acids is 1. The molecule has 1 saturated heterocycles.